The van der Waals surface area contributed by atoms with E-state index in [4.69, 9.17) is 23.7 Å². The van der Waals surface area contributed by atoms with Crippen molar-refractivity contribution in [3.8, 4) is 0 Å². The normalized spacial score (nSPS) is 39.7. The predicted molar refractivity (Wildman–Crippen MR) is 73.6 cm³/mol. The summed E-state index contributed by atoms with van der Waals surface area (Å²) in [6, 6.07) is 0. The molecule has 5 atom stereocenters. The van der Waals surface area contributed by atoms with Crippen LogP contribution >= 0.6 is 0 Å². The maximum Gasteiger partial charge on any atom is 0.334 e. The maximum absolute atomic E-state index is 12.4. The number of aliphatic hydroxyl groups is 1. The number of ether oxygens (including phenoxy) is 5. The molecule has 8 heteroatoms. The van der Waals surface area contributed by atoms with E-state index in [-0.39, 0.29) is 38.1 Å². The van der Waals surface area contributed by atoms with E-state index in [1.807, 2.05) is 0 Å². The minimum atomic E-state index is -1.72. The molecule has 3 saturated heterocycles. The molecule has 3 aliphatic rings. The predicted octanol–water partition coefficient (Wildman–Crippen LogP) is 0.0929. The Morgan fingerprint density at radius 2 is 2.09 bits per heavy atom. The quantitative estimate of drug-likeness (QED) is 0.572. The van der Waals surface area contributed by atoms with Gasteiger partial charge in [-0.05, 0) is 13.8 Å². The number of hydrogen-bond acceptors (Lipinski definition) is 8. The second kappa shape index (κ2) is 6.10. The van der Waals surface area contributed by atoms with Crippen LogP contribution in [0.3, 0.4) is 0 Å². The molecule has 1 N–H and O–H groups in total. The monoisotopic (exact) mass is 328 g/mol. The van der Waals surface area contributed by atoms with Gasteiger partial charge < -0.3 is 28.8 Å². The summed E-state index contributed by atoms with van der Waals surface area (Å²) < 4.78 is 26.5. The lowest BCUT2D eigenvalue weighted by atomic mass is 9.77. The van der Waals surface area contributed by atoms with Crippen LogP contribution in [-0.4, -0.2) is 55.0 Å². The third kappa shape index (κ3) is 2.82. The van der Waals surface area contributed by atoms with Crippen molar-refractivity contribution < 1.29 is 38.4 Å². The van der Waals surface area contributed by atoms with Gasteiger partial charge in [-0.3, -0.25) is 4.79 Å². The molecule has 0 saturated carbocycles. The van der Waals surface area contributed by atoms with E-state index in [1.54, 1.807) is 13.8 Å². The van der Waals surface area contributed by atoms with Crippen LogP contribution in [0.5, 0.6) is 0 Å². The van der Waals surface area contributed by atoms with Crippen LogP contribution in [0.1, 0.15) is 20.3 Å². The third-order valence-electron chi connectivity index (χ3n) is 4.20. The molecule has 3 fully saturated rings. The van der Waals surface area contributed by atoms with Crippen molar-refractivity contribution in [3.63, 3.8) is 0 Å². The highest BCUT2D eigenvalue weighted by atomic mass is 16.8. The van der Waals surface area contributed by atoms with Crippen LogP contribution in [-0.2, 0) is 33.3 Å². The second-order valence-electron chi connectivity index (χ2n) is 5.68. The lowest BCUT2D eigenvalue weighted by molar-refractivity contribution is -0.344. The van der Waals surface area contributed by atoms with Gasteiger partial charge in [0, 0.05) is 12.3 Å². The Labute approximate surface area is 133 Å². The number of esters is 2. The molecule has 3 aliphatic heterocycles. The zero-order valence-corrected chi connectivity index (χ0v) is 13.0. The summed E-state index contributed by atoms with van der Waals surface area (Å²) in [6.45, 7) is 4.01. The molecule has 0 radical (unpaired) electrons. The van der Waals surface area contributed by atoms with E-state index in [1.165, 1.54) is 0 Å². The first-order valence-corrected chi connectivity index (χ1v) is 7.72. The van der Waals surface area contributed by atoms with Crippen molar-refractivity contribution in [2.45, 2.75) is 38.4 Å². The van der Waals surface area contributed by atoms with Gasteiger partial charge in [-0.15, -0.1) is 0 Å². The Hall–Kier alpha value is -1.64. The van der Waals surface area contributed by atoms with Crippen molar-refractivity contribution in [1.29, 1.82) is 0 Å². The van der Waals surface area contributed by atoms with E-state index in [0.717, 1.165) is 6.08 Å². The molecule has 4 bridgehead atoms. The number of carbonyl (C=O) groups is 2. The lowest BCUT2D eigenvalue weighted by Gasteiger charge is -2.47. The molecule has 3 heterocycles. The molecule has 23 heavy (non-hydrogen) atoms. The fourth-order valence-electron chi connectivity index (χ4n) is 3.29. The van der Waals surface area contributed by atoms with Crippen LogP contribution < -0.4 is 0 Å². The number of hydrogen-bond donors (Lipinski definition) is 1. The fourth-order valence-corrected chi connectivity index (χ4v) is 3.29. The summed E-state index contributed by atoms with van der Waals surface area (Å²) in [5.74, 6) is -4.10. The molecule has 0 spiro atoms. The Morgan fingerprint density at radius 3 is 2.78 bits per heavy atom. The first kappa shape index (κ1) is 16.2. The van der Waals surface area contributed by atoms with Crippen molar-refractivity contribution >= 4 is 11.9 Å². The lowest BCUT2D eigenvalue weighted by Crippen LogP contribution is -2.58. The third-order valence-corrected chi connectivity index (χ3v) is 4.20. The molecule has 0 aliphatic carbocycles. The highest BCUT2D eigenvalue weighted by Gasteiger charge is 2.62. The van der Waals surface area contributed by atoms with Gasteiger partial charge in [0.15, 0.2) is 0 Å². The van der Waals surface area contributed by atoms with Gasteiger partial charge in [-0.2, -0.15) is 0 Å². The molecule has 0 aromatic carbocycles. The minimum absolute atomic E-state index is 0.0319. The summed E-state index contributed by atoms with van der Waals surface area (Å²) in [5, 5.41) is 10.6. The highest BCUT2D eigenvalue weighted by Crippen LogP contribution is 2.50. The van der Waals surface area contributed by atoms with Crippen LogP contribution in [0.4, 0.5) is 0 Å². The summed E-state index contributed by atoms with van der Waals surface area (Å²) >= 11 is 0. The standard InChI is InChI=1S/C15H20O8/c1-3-19-11(16)5-9-12(13(17)20-4-2)8-6-15(18,23-9)14-21-7-10(8)22-14/h5,8,10,12,14,18H,3-4,6-7H2,1-2H3/b9-5-/t8-,10+,12-,14-,15-/m0/s1. The zero-order valence-electron chi connectivity index (χ0n) is 13.0. The fraction of sp³-hybridized carbons (Fsp3) is 0.733. The van der Waals surface area contributed by atoms with Crippen LogP contribution in [0, 0.1) is 11.8 Å². The second-order valence-corrected chi connectivity index (χ2v) is 5.68. The van der Waals surface area contributed by atoms with Crippen LogP contribution in [0.15, 0.2) is 11.8 Å². The van der Waals surface area contributed by atoms with Gasteiger partial charge in [0.05, 0.1) is 32.0 Å². The van der Waals surface area contributed by atoms with E-state index in [9.17, 15) is 14.7 Å². The Kier molecular flexibility index (Phi) is 4.31. The van der Waals surface area contributed by atoms with E-state index < -0.39 is 35.9 Å². The smallest absolute Gasteiger partial charge is 0.334 e. The molecule has 0 amide bonds. The van der Waals surface area contributed by atoms with Crippen LogP contribution in [0.25, 0.3) is 0 Å². The molecule has 0 aromatic heterocycles. The summed E-state index contributed by atoms with van der Waals surface area (Å²) in [7, 11) is 0. The molecule has 128 valence electrons. The Bertz CT molecular complexity index is 530. The number of fused-ring (bicyclic) bond motifs is 6. The van der Waals surface area contributed by atoms with Gasteiger partial charge in [0.25, 0.3) is 5.79 Å². The average molecular weight is 328 g/mol. The SMILES string of the molecule is CCOC(=O)/C=C1\O[C@@]2(O)C[C@H]([C@@H]1C(=O)OCC)[C@H]1CO[C@H]2O1. The summed E-state index contributed by atoms with van der Waals surface area (Å²) in [4.78, 5) is 24.1. The number of carbonyl (C=O) groups excluding carboxylic acids is 2. The molecule has 0 unspecified atom stereocenters. The van der Waals surface area contributed by atoms with Gasteiger partial charge in [-0.1, -0.05) is 0 Å². The molecular weight excluding hydrogens is 308 g/mol. The Morgan fingerprint density at radius 1 is 1.35 bits per heavy atom. The Balaban J connectivity index is 1.94. The van der Waals surface area contributed by atoms with Crippen LogP contribution in [0.2, 0.25) is 0 Å². The van der Waals surface area contributed by atoms with Crippen molar-refractivity contribution in [2.24, 2.45) is 11.8 Å². The highest BCUT2D eigenvalue weighted by molar-refractivity contribution is 5.85. The molecule has 8 nitrogen and oxygen atoms in total. The summed E-state index contributed by atoms with van der Waals surface area (Å²) in [5.41, 5.74) is 0. The number of rotatable bonds is 4. The topological polar surface area (TPSA) is 101 Å². The first-order chi connectivity index (χ1) is 11.0. The van der Waals surface area contributed by atoms with Crippen molar-refractivity contribution in [3.05, 3.63) is 11.8 Å². The minimum Gasteiger partial charge on any atom is -0.465 e. The average Bonchev–Trinajstić information content (AvgIpc) is 2.93. The molecular formula is C15H20O8. The van der Waals surface area contributed by atoms with E-state index >= 15 is 0 Å². The zero-order chi connectivity index (χ0) is 16.6. The van der Waals surface area contributed by atoms with Crippen molar-refractivity contribution in [1.82, 2.24) is 0 Å². The summed E-state index contributed by atoms with van der Waals surface area (Å²) in [6.07, 6.45) is -0.0273. The van der Waals surface area contributed by atoms with Gasteiger partial charge >= 0.3 is 11.9 Å². The van der Waals surface area contributed by atoms with E-state index in [2.05, 4.69) is 0 Å². The van der Waals surface area contributed by atoms with Gasteiger partial charge in [0.2, 0.25) is 6.29 Å². The van der Waals surface area contributed by atoms with Crippen molar-refractivity contribution in [2.75, 3.05) is 19.8 Å². The van der Waals surface area contributed by atoms with Gasteiger partial charge in [-0.25, -0.2) is 4.79 Å². The van der Waals surface area contributed by atoms with Gasteiger partial charge in [0.1, 0.15) is 11.7 Å². The van der Waals surface area contributed by atoms with E-state index in [0.29, 0.717) is 0 Å². The first-order valence-electron chi connectivity index (χ1n) is 7.72. The molecule has 0 aromatic rings. The maximum atomic E-state index is 12.4. The molecule has 3 rings (SSSR count). The largest absolute Gasteiger partial charge is 0.465 e.